The summed E-state index contributed by atoms with van der Waals surface area (Å²) in [4.78, 5) is 12.3. The van der Waals surface area contributed by atoms with E-state index in [-0.39, 0.29) is 5.78 Å². The molecule has 0 saturated carbocycles. The second-order valence-corrected chi connectivity index (χ2v) is 5.70. The molecule has 0 aromatic heterocycles. The molecule has 0 amide bonds. The van der Waals surface area contributed by atoms with Gasteiger partial charge in [0.25, 0.3) is 0 Å². The Kier molecular flexibility index (Phi) is 4.56. The minimum Gasteiger partial charge on any atom is -0.380 e. The molecule has 0 saturated heterocycles. The van der Waals surface area contributed by atoms with E-state index < -0.39 is 6.10 Å². The Balaban J connectivity index is 1.81. The number of ketones is 1. The molecule has 0 aliphatic heterocycles. The maximum atomic E-state index is 12.3. The number of hydrogen-bond donors (Lipinski definition) is 1. The van der Waals surface area contributed by atoms with Gasteiger partial charge in [-0.05, 0) is 41.0 Å². The summed E-state index contributed by atoms with van der Waals surface area (Å²) in [7, 11) is 0. The highest BCUT2D eigenvalue weighted by Crippen LogP contribution is 2.24. The average molecular weight is 323 g/mol. The molecule has 0 heterocycles. The van der Waals surface area contributed by atoms with E-state index in [1.807, 2.05) is 42.5 Å². The van der Waals surface area contributed by atoms with Crippen molar-refractivity contribution in [3.63, 3.8) is 0 Å². The minimum absolute atomic E-state index is 0.339. The maximum Gasteiger partial charge on any atom is 0.195 e. The number of aliphatic hydroxyl groups excluding tert-OH is 1. The summed E-state index contributed by atoms with van der Waals surface area (Å²) in [5, 5.41) is 10.8. The van der Waals surface area contributed by atoms with Crippen molar-refractivity contribution in [2.45, 2.75) is 6.10 Å². The van der Waals surface area contributed by atoms with Crippen LogP contribution in [0.5, 0.6) is 0 Å². The monoisotopic (exact) mass is 322 g/mol. The predicted octanol–water partition coefficient (Wildman–Crippen LogP) is 4.92. The molecule has 0 bridgehead atoms. The molecule has 3 aromatic carbocycles. The quantitative estimate of drug-likeness (QED) is 0.692. The van der Waals surface area contributed by atoms with Gasteiger partial charge in [0, 0.05) is 10.6 Å². The van der Waals surface area contributed by atoms with E-state index in [1.165, 1.54) is 0 Å². The van der Waals surface area contributed by atoms with Crippen molar-refractivity contribution in [1.82, 2.24) is 0 Å². The first-order valence-corrected chi connectivity index (χ1v) is 7.66. The summed E-state index contributed by atoms with van der Waals surface area (Å²) in [6.07, 6.45) is -1.18. The zero-order chi connectivity index (χ0) is 16.2. The van der Waals surface area contributed by atoms with E-state index in [0.717, 1.165) is 11.1 Å². The van der Waals surface area contributed by atoms with Crippen LogP contribution < -0.4 is 0 Å². The number of halogens is 1. The third kappa shape index (κ3) is 3.50. The molecule has 0 radical (unpaired) electrons. The van der Waals surface area contributed by atoms with Gasteiger partial charge in [-0.1, -0.05) is 66.2 Å². The first kappa shape index (κ1) is 15.5. The van der Waals surface area contributed by atoms with Crippen LogP contribution in [-0.2, 0) is 0 Å². The lowest BCUT2D eigenvalue weighted by Gasteiger charge is -2.11. The van der Waals surface area contributed by atoms with Gasteiger partial charge in [-0.25, -0.2) is 0 Å². The van der Waals surface area contributed by atoms with Gasteiger partial charge in [0.05, 0.1) is 0 Å². The summed E-state index contributed by atoms with van der Waals surface area (Å²) in [6.45, 7) is 0. The van der Waals surface area contributed by atoms with Gasteiger partial charge in [-0.2, -0.15) is 0 Å². The highest BCUT2D eigenvalue weighted by molar-refractivity contribution is 6.30. The largest absolute Gasteiger partial charge is 0.380 e. The lowest BCUT2D eigenvalue weighted by atomic mass is 9.97. The molecule has 0 spiro atoms. The molecule has 1 atom stereocenters. The smallest absolute Gasteiger partial charge is 0.195 e. The zero-order valence-corrected chi connectivity index (χ0v) is 13.1. The van der Waals surface area contributed by atoms with Crippen LogP contribution in [0.1, 0.15) is 22.0 Å². The summed E-state index contributed by atoms with van der Waals surface area (Å²) < 4.78 is 0. The average Bonchev–Trinajstić information content (AvgIpc) is 2.62. The molecule has 0 aliphatic carbocycles. The van der Waals surface area contributed by atoms with E-state index in [2.05, 4.69) is 0 Å². The highest BCUT2D eigenvalue weighted by Gasteiger charge is 2.19. The standard InChI is InChI=1S/C20H15ClO2/c21-18-12-10-17(11-13-18)20(23)19(22)16-8-6-15(7-9-16)14-4-2-1-3-5-14/h1-13,19,22H. The van der Waals surface area contributed by atoms with Crippen LogP contribution >= 0.6 is 11.6 Å². The fourth-order valence-electron chi connectivity index (χ4n) is 2.41. The molecule has 1 N–H and O–H groups in total. The highest BCUT2D eigenvalue weighted by atomic mass is 35.5. The van der Waals surface area contributed by atoms with E-state index in [1.54, 1.807) is 36.4 Å². The third-order valence-corrected chi connectivity index (χ3v) is 3.96. The summed E-state index contributed by atoms with van der Waals surface area (Å²) in [5.74, 6) is -0.339. The number of hydrogen-bond acceptors (Lipinski definition) is 2. The number of rotatable bonds is 4. The van der Waals surface area contributed by atoms with Gasteiger partial charge in [0.1, 0.15) is 6.10 Å². The van der Waals surface area contributed by atoms with Crippen molar-refractivity contribution >= 4 is 17.4 Å². The predicted molar refractivity (Wildman–Crippen MR) is 92.6 cm³/mol. The first-order chi connectivity index (χ1) is 11.1. The maximum absolute atomic E-state index is 12.3. The molecule has 23 heavy (non-hydrogen) atoms. The molecule has 3 heteroatoms. The lowest BCUT2D eigenvalue weighted by Crippen LogP contribution is -2.12. The van der Waals surface area contributed by atoms with Gasteiger partial charge in [0.15, 0.2) is 5.78 Å². The molecule has 0 aliphatic rings. The van der Waals surface area contributed by atoms with Crippen molar-refractivity contribution in [2.24, 2.45) is 0 Å². The molecule has 3 rings (SSSR count). The van der Waals surface area contributed by atoms with Crippen LogP contribution in [0, 0.1) is 0 Å². The van der Waals surface area contributed by atoms with Crippen LogP contribution in [0.3, 0.4) is 0 Å². The fraction of sp³-hybridized carbons (Fsp3) is 0.0500. The first-order valence-electron chi connectivity index (χ1n) is 7.28. The number of aliphatic hydroxyl groups is 1. The molecule has 0 fully saturated rings. The molecule has 1 unspecified atom stereocenters. The van der Waals surface area contributed by atoms with Gasteiger partial charge >= 0.3 is 0 Å². The van der Waals surface area contributed by atoms with Gasteiger partial charge in [0.2, 0.25) is 0 Å². The Bertz CT molecular complexity index is 793. The van der Waals surface area contributed by atoms with Crippen molar-refractivity contribution in [3.05, 3.63) is 95.0 Å². The van der Waals surface area contributed by atoms with E-state index in [0.29, 0.717) is 16.1 Å². The van der Waals surface area contributed by atoms with Crippen LogP contribution in [0.4, 0.5) is 0 Å². The second-order valence-electron chi connectivity index (χ2n) is 5.26. The topological polar surface area (TPSA) is 37.3 Å². The zero-order valence-electron chi connectivity index (χ0n) is 12.3. The Morgan fingerprint density at radius 3 is 1.96 bits per heavy atom. The molecule has 2 nitrogen and oxygen atoms in total. The lowest BCUT2D eigenvalue weighted by molar-refractivity contribution is 0.0747. The minimum atomic E-state index is -1.18. The normalized spacial score (nSPS) is 11.9. The van der Waals surface area contributed by atoms with Gasteiger partial charge in [-0.3, -0.25) is 4.79 Å². The Hall–Kier alpha value is -2.42. The SMILES string of the molecule is O=C(c1ccc(Cl)cc1)C(O)c1ccc(-c2ccccc2)cc1. The number of benzene rings is 3. The molecule has 3 aromatic rings. The molecular weight excluding hydrogens is 308 g/mol. The van der Waals surface area contributed by atoms with E-state index in [9.17, 15) is 9.90 Å². The van der Waals surface area contributed by atoms with Crippen LogP contribution in [-0.4, -0.2) is 10.9 Å². The van der Waals surface area contributed by atoms with Gasteiger partial charge in [-0.15, -0.1) is 0 Å². The second kappa shape index (κ2) is 6.78. The number of carbonyl (C=O) groups is 1. The summed E-state index contributed by atoms with van der Waals surface area (Å²) >= 11 is 5.81. The fourth-order valence-corrected chi connectivity index (χ4v) is 2.54. The molecule has 114 valence electrons. The van der Waals surface area contributed by atoms with Crippen LogP contribution in [0.2, 0.25) is 5.02 Å². The van der Waals surface area contributed by atoms with Crippen molar-refractivity contribution in [2.75, 3.05) is 0 Å². The number of Topliss-reactive ketones (excluding diaryl/α,β-unsaturated/α-hetero) is 1. The van der Waals surface area contributed by atoms with Gasteiger partial charge < -0.3 is 5.11 Å². The molecular formula is C20H15ClO2. The van der Waals surface area contributed by atoms with Crippen molar-refractivity contribution < 1.29 is 9.90 Å². The Morgan fingerprint density at radius 1 is 0.783 bits per heavy atom. The Morgan fingerprint density at radius 2 is 1.35 bits per heavy atom. The van der Waals surface area contributed by atoms with Crippen LogP contribution in [0.25, 0.3) is 11.1 Å². The van der Waals surface area contributed by atoms with E-state index in [4.69, 9.17) is 11.6 Å². The number of carbonyl (C=O) groups excluding carboxylic acids is 1. The summed E-state index contributed by atoms with van der Waals surface area (Å²) in [6, 6.07) is 23.8. The van der Waals surface area contributed by atoms with Crippen LogP contribution in [0.15, 0.2) is 78.9 Å². The third-order valence-electron chi connectivity index (χ3n) is 3.71. The van der Waals surface area contributed by atoms with E-state index >= 15 is 0 Å². The van der Waals surface area contributed by atoms with Crippen molar-refractivity contribution in [1.29, 1.82) is 0 Å². The summed E-state index contributed by atoms with van der Waals surface area (Å²) in [5.41, 5.74) is 3.15. The Labute approximate surface area is 140 Å². The van der Waals surface area contributed by atoms with Crippen molar-refractivity contribution in [3.8, 4) is 11.1 Å².